The summed E-state index contributed by atoms with van der Waals surface area (Å²) in [7, 11) is 0. The minimum Gasteiger partial charge on any atom is -0.310 e. The van der Waals surface area contributed by atoms with Gasteiger partial charge in [0, 0.05) is 21.8 Å². The third-order valence-electron chi connectivity index (χ3n) is 13.1. The second-order valence-electron chi connectivity index (χ2n) is 16.0. The van der Waals surface area contributed by atoms with Gasteiger partial charge in [-0.1, -0.05) is 182 Å². The standard InChI is InChI=1S/C58H39NS/c1-5-17-41(18-6-1)57(42-19-7-2-8-20-42)53-28-16-14-26-49(53)51-38-46(30-33-54(51)57)59(45-31-34-56-40(37-45)35-36-60-56)47-29-32-50-48-25-13-15-27-52(48)58(55(50)39-47,43-21-9-3-10-22-43)44-23-11-4-12-24-44/h1-39H. The van der Waals surface area contributed by atoms with E-state index in [1.54, 1.807) is 11.3 Å². The molecule has 1 nitrogen and oxygen atoms in total. The van der Waals surface area contributed by atoms with Crippen LogP contribution in [0.5, 0.6) is 0 Å². The van der Waals surface area contributed by atoms with E-state index in [0.717, 1.165) is 17.1 Å². The summed E-state index contributed by atoms with van der Waals surface area (Å²) >= 11 is 1.79. The van der Waals surface area contributed by atoms with E-state index in [0.29, 0.717) is 0 Å². The van der Waals surface area contributed by atoms with Crippen LogP contribution in [0.2, 0.25) is 0 Å². The maximum atomic E-state index is 2.48. The Hall–Kier alpha value is -7.26. The molecular formula is C58H39NS. The Morgan fingerprint density at radius 3 is 1.30 bits per heavy atom. The van der Waals surface area contributed by atoms with Crippen LogP contribution in [0.15, 0.2) is 236 Å². The maximum Gasteiger partial charge on any atom is 0.0714 e. The van der Waals surface area contributed by atoms with Gasteiger partial charge in [0.2, 0.25) is 0 Å². The Morgan fingerprint density at radius 1 is 0.300 bits per heavy atom. The molecular weight excluding hydrogens is 743 g/mol. The Bertz CT molecular complexity index is 3120. The van der Waals surface area contributed by atoms with E-state index < -0.39 is 10.8 Å². The number of hydrogen-bond acceptors (Lipinski definition) is 2. The van der Waals surface area contributed by atoms with Gasteiger partial charge in [-0.05, 0) is 126 Å². The minimum absolute atomic E-state index is 0.461. The van der Waals surface area contributed by atoms with E-state index in [9.17, 15) is 0 Å². The number of nitrogens with zero attached hydrogens (tertiary/aromatic N) is 1. The Balaban J connectivity index is 1.13. The highest BCUT2D eigenvalue weighted by Gasteiger charge is 2.48. The molecule has 0 amide bonds. The van der Waals surface area contributed by atoms with Gasteiger partial charge in [0.1, 0.15) is 0 Å². The van der Waals surface area contributed by atoms with Crippen LogP contribution in [0.3, 0.4) is 0 Å². The first kappa shape index (κ1) is 34.8. The second kappa shape index (κ2) is 13.7. The Labute approximate surface area is 355 Å². The molecule has 0 saturated heterocycles. The summed E-state index contributed by atoms with van der Waals surface area (Å²) in [4.78, 5) is 2.48. The first-order chi connectivity index (χ1) is 29.8. The molecule has 0 saturated carbocycles. The molecule has 2 aliphatic carbocycles. The van der Waals surface area contributed by atoms with Crippen molar-refractivity contribution in [2.24, 2.45) is 0 Å². The van der Waals surface area contributed by atoms with Crippen molar-refractivity contribution in [2.45, 2.75) is 10.8 Å². The topological polar surface area (TPSA) is 3.24 Å². The molecule has 9 aromatic carbocycles. The number of fused-ring (bicyclic) bond motifs is 7. The van der Waals surface area contributed by atoms with E-state index in [4.69, 9.17) is 0 Å². The van der Waals surface area contributed by atoms with Crippen molar-refractivity contribution >= 4 is 38.5 Å². The predicted molar refractivity (Wildman–Crippen MR) is 251 cm³/mol. The smallest absolute Gasteiger partial charge is 0.0714 e. The van der Waals surface area contributed by atoms with Crippen molar-refractivity contribution in [3.63, 3.8) is 0 Å². The van der Waals surface area contributed by atoms with Gasteiger partial charge < -0.3 is 4.90 Å². The number of hydrogen-bond donors (Lipinski definition) is 0. The molecule has 1 aromatic heterocycles. The molecule has 0 bridgehead atoms. The van der Waals surface area contributed by atoms with Gasteiger partial charge in [-0.2, -0.15) is 0 Å². The summed E-state index contributed by atoms with van der Waals surface area (Å²) in [5.41, 5.74) is 17.8. The van der Waals surface area contributed by atoms with Gasteiger partial charge in [-0.25, -0.2) is 0 Å². The van der Waals surface area contributed by atoms with Gasteiger partial charge in [0.05, 0.1) is 10.8 Å². The van der Waals surface area contributed by atoms with Crippen LogP contribution in [0, 0.1) is 0 Å². The monoisotopic (exact) mass is 781 g/mol. The summed E-state index contributed by atoms with van der Waals surface area (Å²) in [6, 6.07) is 85.9. The van der Waals surface area contributed by atoms with Crippen molar-refractivity contribution in [3.8, 4) is 22.3 Å². The SMILES string of the molecule is c1ccc(C2(c3ccccc3)c3ccccc3-c3cc(N(c4ccc5c(c4)C(c4ccccc4)(c4ccccc4)c4ccccc4-5)c4ccc5sccc5c4)ccc32)cc1. The summed E-state index contributed by atoms with van der Waals surface area (Å²) in [5.74, 6) is 0. The third-order valence-corrected chi connectivity index (χ3v) is 14.0. The highest BCUT2D eigenvalue weighted by atomic mass is 32.1. The zero-order valence-electron chi connectivity index (χ0n) is 32.9. The van der Waals surface area contributed by atoms with Crippen LogP contribution in [0.4, 0.5) is 17.1 Å². The van der Waals surface area contributed by atoms with Crippen molar-refractivity contribution in [2.75, 3.05) is 4.90 Å². The van der Waals surface area contributed by atoms with Gasteiger partial charge in [-0.3, -0.25) is 0 Å². The lowest BCUT2D eigenvalue weighted by atomic mass is 9.67. The van der Waals surface area contributed by atoms with E-state index in [2.05, 4.69) is 241 Å². The Morgan fingerprint density at radius 2 is 0.717 bits per heavy atom. The predicted octanol–water partition coefficient (Wildman–Crippen LogP) is 15.1. The number of anilines is 3. The first-order valence-corrected chi connectivity index (χ1v) is 21.6. The fourth-order valence-corrected chi connectivity index (χ4v) is 11.5. The highest BCUT2D eigenvalue weighted by Crippen LogP contribution is 2.59. The fraction of sp³-hybridized carbons (Fsp3) is 0.0345. The summed E-state index contributed by atoms with van der Waals surface area (Å²) in [6.45, 7) is 0. The quantitative estimate of drug-likeness (QED) is 0.156. The van der Waals surface area contributed by atoms with Crippen LogP contribution in [-0.4, -0.2) is 0 Å². The molecule has 1 heterocycles. The van der Waals surface area contributed by atoms with Crippen molar-refractivity contribution in [1.29, 1.82) is 0 Å². The zero-order valence-corrected chi connectivity index (χ0v) is 33.7. The van der Waals surface area contributed by atoms with Crippen LogP contribution in [0.25, 0.3) is 32.3 Å². The van der Waals surface area contributed by atoms with Crippen molar-refractivity contribution < 1.29 is 0 Å². The molecule has 2 aliphatic rings. The average Bonchev–Trinajstić information content (AvgIpc) is 4.00. The fourth-order valence-electron chi connectivity index (χ4n) is 10.7. The molecule has 12 rings (SSSR count). The van der Waals surface area contributed by atoms with Gasteiger partial charge in [0.25, 0.3) is 0 Å². The summed E-state index contributed by atoms with van der Waals surface area (Å²) in [5, 5.41) is 3.44. The normalized spacial score (nSPS) is 13.9. The van der Waals surface area contributed by atoms with E-state index in [1.165, 1.54) is 76.8 Å². The number of benzene rings is 9. The van der Waals surface area contributed by atoms with Crippen molar-refractivity contribution in [1.82, 2.24) is 0 Å². The molecule has 0 unspecified atom stereocenters. The molecule has 0 aliphatic heterocycles. The number of rotatable bonds is 7. The number of thiophene rings is 1. The molecule has 60 heavy (non-hydrogen) atoms. The van der Waals surface area contributed by atoms with E-state index >= 15 is 0 Å². The minimum atomic E-state index is -0.505. The summed E-state index contributed by atoms with van der Waals surface area (Å²) < 4.78 is 1.29. The molecule has 0 spiro atoms. The lowest BCUT2D eigenvalue weighted by Crippen LogP contribution is -2.28. The average molecular weight is 782 g/mol. The van der Waals surface area contributed by atoms with E-state index in [1.807, 2.05) is 0 Å². The molecule has 0 N–H and O–H groups in total. The second-order valence-corrected chi connectivity index (χ2v) is 16.9. The summed E-state index contributed by atoms with van der Waals surface area (Å²) in [6.07, 6.45) is 0. The van der Waals surface area contributed by atoms with Crippen molar-refractivity contribution in [3.05, 3.63) is 280 Å². The van der Waals surface area contributed by atoms with Gasteiger partial charge >= 0.3 is 0 Å². The highest BCUT2D eigenvalue weighted by molar-refractivity contribution is 7.17. The first-order valence-electron chi connectivity index (χ1n) is 20.7. The Kier molecular flexibility index (Phi) is 7.91. The van der Waals surface area contributed by atoms with Crippen LogP contribution in [0.1, 0.15) is 44.5 Å². The van der Waals surface area contributed by atoms with Gasteiger partial charge in [-0.15, -0.1) is 11.3 Å². The molecule has 0 radical (unpaired) electrons. The third kappa shape index (κ3) is 4.92. The lowest BCUT2D eigenvalue weighted by molar-refractivity contribution is 0.768. The molecule has 282 valence electrons. The molecule has 0 atom stereocenters. The molecule has 2 heteroatoms. The molecule has 0 fully saturated rings. The molecule has 10 aromatic rings. The zero-order chi connectivity index (χ0) is 39.7. The van der Waals surface area contributed by atoms with Crippen LogP contribution >= 0.6 is 11.3 Å². The van der Waals surface area contributed by atoms with Gasteiger partial charge in [0.15, 0.2) is 0 Å². The lowest BCUT2D eigenvalue weighted by Gasteiger charge is -2.35. The maximum absolute atomic E-state index is 2.48. The largest absolute Gasteiger partial charge is 0.310 e. The van der Waals surface area contributed by atoms with E-state index in [-0.39, 0.29) is 0 Å². The van der Waals surface area contributed by atoms with Crippen LogP contribution in [-0.2, 0) is 10.8 Å². The van der Waals surface area contributed by atoms with Crippen LogP contribution < -0.4 is 4.90 Å².